The number of nitrogens with one attached hydrogen (secondary N) is 1. The molecule has 2 rings (SSSR count). The summed E-state index contributed by atoms with van der Waals surface area (Å²) in [5, 5.41) is 2.46. The molecule has 22 heavy (non-hydrogen) atoms. The lowest BCUT2D eigenvalue weighted by atomic mass is 10.2. The number of carbonyl (C=O) groups excluding carboxylic acids is 1. The summed E-state index contributed by atoms with van der Waals surface area (Å²) in [6.45, 7) is -2.76. The predicted octanol–water partition coefficient (Wildman–Crippen LogP) is 1.86. The van der Waals surface area contributed by atoms with Crippen LogP contribution in [0.25, 0.3) is 0 Å². The van der Waals surface area contributed by atoms with Gasteiger partial charge in [-0.15, -0.1) is 0 Å². The van der Waals surface area contributed by atoms with Gasteiger partial charge in [0.25, 0.3) is 11.5 Å². The number of carbonyl (C=O) groups is 1. The average Bonchev–Trinajstić information content (AvgIpc) is 2.48. The molecule has 0 aliphatic rings. The van der Waals surface area contributed by atoms with Gasteiger partial charge in [-0.2, -0.15) is 8.78 Å². The second kappa shape index (κ2) is 6.84. The van der Waals surface area contributed by atoms with Crippen LogP contribution >= 0.6 is 0 Å². The molecular weight excluding hydrogens is 294 g/mol. The van der Waals surface area contributed by atoms with Crippen LogP contribution in [0.1, 0.15) is 15.9 Å². The number of alkyl halides is 2. The number of hydrogen-bond donors (Lipinski definition) is 1. The van der Waals surface area contributed by atoms with Crippen LogP contribution in [-0.2, 0) is 6.54 Å². The number of nitrogens with zero attached hydrogens (tertiary/aromatic N) is 1. The number of halogens is 2. The van der Waals surface area contributed by atoms with E-state index in [1.165, 1.54) is 42.1 Å². The summed E-state index contributed by atoms with van der Waals surface area (Å²) in [4.78, 5) is 23.4. The second-order valence-electron chi connectivity index (χ2n) is 4.49. The lowest BCUT2D eigenvalue weighted by Gasteiger charge is -2.10. The van der Waals surface area contributed by atoms with Gasteiger partial charge in [-0.1, -0.05) is 12.1 Å². The lowest BCUT2D eigenvalue weighted by Crippen LogP contribution is -2.24. The van der Waals surface area contributed by atoms with Crippen molar-refractivity contribution in [1.29, 1.82) is 0 Å². The first-order valence-electron chi connectivity index (χ1n) is 6.46. The Hall–Kier alpha value is -2.70. The van der Waals surface area contributed by atoms with E-state index in [4.69, 9.17) is 0 Å². The molecule has 2 aromatic rings. The quantitative estimate of drug-likeness (QED) is 0.917. The molecule has 1 amide bonds. The maximum Gasteiger partial charge on any atom is 0.387 e. The van der Waals surface area contributed by atoms with Gasteiger partial charge in [0, 0.05) is 19.3 Å². The maximum absolute atomic E-state index is 12.2. The molecule has 7 heteroatoms. The average molecular weight is 308 g/mol. The Morgan fingerprint density at radius 1 is 1.32 bits per heavy atom. The second-order valence-corrected chi connectivity index (χ2v) is 4.49. The van der Waals surface area contributed by atoms with Gasteiger partial charge in [0.15, 0.2) is 0 Å². The first-order valence-corrected chi connectivity index (χ1v) is 6.46. The first kappa shape index (κ1) is 15.7. The van der Waals surface area contributed by atoms with Crippen LogP contribution in [0.15, 0.2) is 47.4 Å². The molecule has 1 N–H and O–H groups in total. The number of aromatic nitrogens is 1. The van der Waals surface area contributed by atoms with E-state index in [-0.39, 0.29) is 23.8 Å². The largest absolute Gasteiger partial charge is 0.435 e. The summed E-state index contributed by atoms with van der Waals surface area (Å²) in [7, 11) is 1.49. The molecule has 0 saturated carbocycles. The number of pyridine rings is 1. The zero-order valence-electron chi connectivity index (χ0n) is 11.8. The molecule has 0 fully saturated rings. The van der Waals surface area contributed by atoms with E-state index in [0.29, 0.717) is 11.1 Å². The number of benzene rings is 1. The molecule has 0 radical (unpaired) electrons. The van der Waals surface area contributed by atoms with Crippen LogP contribution in [0.4, 0.5) is 8.78 Å². The van der Waals surface area contributed by atoms with Crippen molar-refractivity contribution in [3.63, 3.8) is 0 Å². The topological polar surface area (TPSA) is 60.3 Å². The fourth-order valence-electron chi connectivity index (χ4n) is 1.95. The number of hydrogen-bond acceptors (Lipinski definition) is 3. The highest BCUT2D eigenvalue weighted by atomic mass is 19.3. The van der Waals surface area contributed by atoms with Crippen LogP contribution in [-0.4, -0.2) is 24.1 Å². The first-order chi connectivity index (χ1) is 10.5. The molecule has 0 unspecified atom stereocenters. The van der Waals surface area contributed by atoms with Crippen LogP contribution < -0.4 is 15.6 Å². The highest BCUT2D eigenvalue weighted by molar-refractivity contribution is 5.93. The zero-order valence-corrected chi connectivity index (χ0v) is 11.8. The molecule has 0 aliphatic heterocycles. The van der Waals surface area contributed by atoms with E-state index >= 15 is 0 Å². The number of amides is 1. The molecule has 1 aromatic carbocycles. The number of ether oxygens (including phenoxy) is 1. The zero-order chi connectivity index (χ0) is 16.1. The summed E-state index contributed by atoms with van der Waals surface area (Å²) >= 11 is 0. The summed E-state index contributed by atoms with van der Waals surface area (Å²) < 4.78 is 30.0. The van der Waals surface area contributed by atoms with E-state index in [1.807, 2.05) is 0 Å². The van der Waals surface area contributed by atoms with Crippen molar-refractivity contribution in [2.75, 3.05) is 7.05 Å². The van der Waals surface area contributed by atoms with Gasteiger partial charge in [-0.25, -0.2) is 0 Å². The van der Waals surface area contributed by atoms with Gasteiger partial charge in [-0.05, 0) is 23.8 Å². The van der Waals surface area contributed by atoms with Gasteiger partial charge < -0.3 is 14.6 Å². The van der Waals surface area contributed by atoms with E-state index in [0.717, 1.165) is 0 Å². The third-order valence-corrected chi connectivity index (χ3v) is 2.95. The molecule has 116 valence electrons. The summed E-state index contributed by atoms with van der Waals surface area (Å²) in [5.41, 5.74) is 0.643. The smallest absolute Gasteiger partial charge is 0.387 e. The van der Waals surface area contributed by atoms with Crippen LogP contribution in [0.3, 0.4) is 0 Å². The Bertz CT molecular complexity index is 729. The third kappa shape index (κ3) is 3.91. The Labute approximate surface area is 125 Å². The van der Waals surface area contributed by atoms with Gasteiger partial charge in [0.2, 0.25) is 0 Å². The van der Waals surface area contributed by atoms with Crippen LogP contribution in [0.5, 0.6) is 5.75 Å². The fourth-order valence-corrected chi connectivity index (χ4v) is 1.95. The highest BCUT2D eigenvalue weighted by Crippen LogP contribution is 2.16. The van der Waals surface area contributed by atoms with Crippen molar-refractivity contribution in [3.05, 3.63) is 64.1 Å². The van der Waals surface area contributed by atoms with E-state index < -0.39 is 6.61 Å². The van der Waals surface area contributed by atoms with Gasteiger partial charge in [0.1, 0.15) is 5.75 Å². The molecule has 1 aromatic heterocycles. The Kier molecular flexibility index (Phi) is 4.88. The van der Waals surface area contributed by atoms with Crippen molar-refractivity contribution in [2.45, 2.75) is 13.2 Å². The summed E-state index contributed by atoms with van der Waals surface area (Å²) in [6.07, 6.45) is 1.42. The maximum atomic E-state index is 12.2. The molecular formula is C15H14F2N2O3. The molecule has 0 atom stereocenters. The van der Waals surface area contributed by atoms with Crippen molar-refractivity contribution >= 4 is 5.91 Å². The molecule has 0 saturated heterocycles. The van der Waals surface area contributed by atoms with Gasteiger partial charge in [0.05, 0.1) is 12.1 Å². The van der Waals surface area contributed by atoms with E-state index in [1.54, 1.807) is 12.1 Å². The normalized spacial score (nSPS) is 10.5. The van der Waals surface area contributed by atoms with Gasteiger partial charge >= 0.3 is 6.61 Å². The molecule has 0 spiro atoms. The minimum absolute atomic E-state index is 0.0167. The fraction of sp³-hybridized carbons (Fsp3) is 0.200. The van der Waals surface area contributed by atoms with Crippen molar-refractivity contribution in [1.82, 2.24) is 9.88 Å². The monoisotopic (exact) mass is 308 g/mol. The SMILES string of the molecule is CNC(=O)c1ccc(=O)n(Cc2cccc(OC(F)F)c2)c1. The van der Waals surface area contributed by atoms with Crippen molar-refractivity contribution in [2.24, 2.45) is 0 Å². The minimum atomic E-state index is -2.91. The van der Waals surface area contributed by atoms with Crippen molar-refractivity contribution < 1.29 is 18.3 Å². The summed E-state index contributed by atoms with van der Waals surface area (Å²) in [6, 6.07) is 8.76. The molecule has 0 aliphatic carbocycles. The molecule has 0 bridgehead atoms. The standard InChI is InChI=1S/C15H14F2N2O3/c1-18-14(21)11-5-6-13(20)19(9-11)8-10-3-2-4-12(7-10)22-15(16)17/h2-7,9,15H,8H2,1H3,(H,18,21). The third-order valence-electron chi connectivity index (χ3n) is 2.95. The van der Waals surface area contributed by atoms with Crippen LogP contribution in [0.2, 0.25) is 0 Å². The molecule has 5 nitrogen and oxygen atoms in total. The summed E-state index contributed by atoms with van der Waals surface area (Å²) in [5.74, 6) is -0.300. The van der Waals surface area contributed by atoms with E-state index in [2.05, 4.69) is 10.1 Å². The Morgan fingerprint density at radius 2 is 2.09 bits per heavy atom. The Balaban J connectivity index is 2.27. The molecule has 1 heterocycles. The predicted molar refractivity (Wildman–Crippen MR) is 76.3 cm³/mol. The highest BCUT2D eigenvalue weighted by Gasteiger charge is 2.08. The van der Waals surface area contributed by atoms with Crippen LogP contribution in [0, 0.1) is 0 Å². The van der Waals surface area contributed by atoms with Gasteiger partial charge in [-0.3, -0.25) is 9.59 Å². The van der Waals surface area contributed by atoms with E-state index in [9.17, 15) is 18.4 Å². The Morgan fingerprint density at radius 3 is 2.77 bits per heavy atom. The number of rotatable bonds is 5. The minimum Gasteiger partial charge on any atom is -0.435 e. The lowest BCUT2D eigenvalue weighted by molar-refractivity contribution is -0.0498. The van der Waals surface area contributed by atoms with Crippen molar-refractivity contribution in [3.8, 4) is 5.75 Å².